The molecule has 0 aromatic carbocycles. The Morgan fingerprint density at radius 1 is 1.11 bits per heavy atom. The Labute approximate surface area is 110 Å². The van der Waals surface area contributed by atoms with Crippen molar-refractivity contribution in [2.75, 3.05) is 7.11 Å². The topological polar surface area (TPSA) is 26.3 Å². The summed E-state index contributed by atoms with van der Waals surface area (Å²) >= 11 is 0. The Morgan fingerprint density at radius 2 is 1.72 bits per heavy atom. The first kappa shape index (κ1) is 13.2. The number of carbonyl (C=O) groups is 1. The van der Waals surface area contributed by atoms with E-state index in [0.29, 0.717) is 17.4 Å². The highest BCUT2D eigenvalue weighted by molar-refractivity contribution is 5.93. The van der Waals surface area contributed by atoms with Crippen LogP contribution < -0.4 is 0 Å². The van der Waals surface area contributed by atoms with E-state index in [1.165, 1.54) is 58.5 Å². The summed E-state index contributed by atoms with van der Waals surface area (Å²) in [6.45, 7) is 0. The Balaban J connectivity index is 2.06. The summed E-state index contributed by atoms with van der Waals surface area (Å²) in [5, 5.41) is 0. The second-order valence-corrected chi connectivity index (χ2v) is 5.37. The van der Waals surface area contributed by atoms with Gasteiger partial charge in [-0.1, -0.05) is 43.6 Å². The molecule has 0 spiro atoms. The van der Waals surface area contributed by atoms with Crippen molar-refractivity contribution in [2.45, 2.75) is 51.4 Å². The third-order valence-electron chi connectivity index (χ3n) is 3.97. The number of hydrogen-bond acceptors (Lipinski definition) is 2. The molecule has 0 amide bonds. The van der Waals surface area contributed by atoms with Gasteiger partial charge in [0.05, 0.1) is 7.11 Å². The third-order valence-corrected chi connectivity index (χ3v) is 3.97. The largest absolute Gasteiger partial charge is 0.465 e. The summed E-state index contributed by atoms with van der Waals surface area (Å²) in [6.07, 6.45) is 11.9. The fourth-order valence-electron chi connectivity index (χ4n) is 2.88. The number of hydrogen-bond donors (Lipinski definition) is 0. The average molecular weight is 246 g/mol. The molecular weight excluding hydrogens is 224 g/mol. The quantitative estimate of drug-likeness (QED) is 0.423. The Morgan fingerprint density at radius 3 is 2.33 bits per heavy atom. The van der Waals surface area contributed by atoms with E-state index in [1.54, 1.807) is 0 Å². The van der Waals surface area contributed by atoms with Crippen LogP contribution in [0.5, 0.6) is 0 Å². The maximum atomic E-state index is 11.7. The normalized spacial score (nSPS) is 21.7. The lowest BCUT2D eigenvalue weighted by molar-refractivity contribution is -0.135. The molecule has 0 saturated heterocycles. The predicted molar refractivity (Wildman–Crippen MR) is 71.8 cm³/mol. The standard InChI is InChI=1S/C16H22O2/c1-18-16(17)15(12-14-8-4-5-9-14)11-10-13-6-2-3-7-13/h12-14H,2-9H2,1H3/b15-12+. The molecule has 2 saturated carbocycles. The van der Waals surface area contributed by atoms with Crippen LogP contribution in [0.25, 0.3) is 0 Å². The minimum atomic E-state index is -0.271. The zero-order chi connectivity index (χ0) is 12.8. The molecule has 98 valence electrons. The van der Waals surface area contributed by atoms with Gasteiger partial charge >= 0.3 is 5.97 Å². The fourth-order valence-corrected chi connectivity index (χ4v) is 2.88. The second-order valence-electron chi connectivity index (χ2n) is 5.37. The van der Waals surface area contributed by atoms with E-state index in [4.69, 9.17) is 4.74 Å². The number of carbonyl (C=O) groups excluding carboxylic acids is 1. The van der Waals surface area contributed by atoms with Crippen LogP contribution >= 0.6 is 0 Å². The van der Waals surface area contributed by atoms with Gasteiger partial charge in [-0.3, -0.25) is 0 Å². The molecule has 2 aliphatic rings. The lowest BCUT2D eigenvalue weighted by Gasteiger charge is -2.04. The molecule has 2 aliphatic carbocycles. The monoisotopic (exact) mass is 246 g/mol. The summed E-state index contributed by atoms with van der Waals surface area (Å²) < 4.78 is 4.83. The van der Waals surface area contributed by atoms with Crippen molar-refractivity contribution in [3.63, 3.8) is 0 Å². The van der Waals surface area contributed by atoms with Gasteiger partial charge in [-0.25, -0.2) is 4.79 Å². The van der Waals surface area contributed by atoms with E-state index >= 15 is 0 Å². The van der Waals surface area contributed by atoms with E-state index in [1.807, 2.05) is 6.08 Å². The van der Waals surface area contributed by atoms with Gasteiger partial charge in [0.2, 0.25) is 0 Å². The number of ether oxygens (including phenoxy) is 1. The highest BCUT2D eigenvalue weighted by Gasteiger charge is 2.17. The molecule has 0 aromatic rings. The van der Waals surface area contributed by atoms with Crippen LogP contribution in [-0.4, -0.2) is 13.1 Å². The molecule has 0 aromatic heterocycles. The van der Waals surface area contributed by atoms with Crippen LogP contribution in [0.3, 0.4) is 0 Å². The third kappa shape index (κ3) is 3.63. The molecule has 2 fully saturated rings. The molecular formula is C16H22O2. The van der Waals surface area contributed by atoms with Crippen molar-refractivity contribution in [2.24, 2.45) is 11.8 Å². The van der Waals surface area contributed by atoms with Crippen LogP contribution in [0, 0.1) is 23.7 Å². The minimum Gasteiger partial charge on any atom is -0.465 e. The van der Waals surface area contributed by atoms with Crippen molar-refractivity contribution >= 4 is 5.97 Å². The maximum Gasteiger partial charge on any atom is 0.346 e. The number of rotatable bonds is 2. The van der Waals surface area contributed by atoms with E-state index < -0.39 is 0 Å². The molecule has 0 N–H and O–H groups in total. The molecule has 2 heteroatoms. The van der Waals surface area contributed by atoms with Gasteiger partial charge in [0.15, 0.2) is 0 Å². The summed E-state index contributed by atoms with van der Waals surface area (Å²) in [7, 11) is 1.43. The Bertz CT molecular complexity index is 372. The molecule has 18 heavy (non-hydrogen) atoms. The van der Waals surface area contributed by atoms with Gasteiger partial charge in [0, 0.05) is 5.92 Å². The first-order valence-electron chi connectivity index (χ1n) is 7.11. The predicted octanol–water partition coefficient (Wildman–Crippen LogP) is 3.47. The fraction of sp³-hybridized carbons (Fsp3) is 0.688. The van der Waals surface area contributed by atoms with Crippen LogP contribution in [0.15, 0.2) is 11.6 Å². The van der Waals surface area contributed by atoms with Crippen LogP contribution in [0.2, 0.25) is 0 Å². The molecule has 2 nitrogen and oxygen atoms in total. The highest BCUT2D eigenvalue weighted by Crippen LogP contribution is 2.27. The summed E-state index contributed by atoms with van der Waals surface area (Å²) in [6, 6.07) is 0. The molecule has 0 bridgehead atoms. The summed E-state index contributed by atoms with van der Waals surface area (Å²) in [5.41, 5.74) is 0.580. The van der Waals surface area contributed by atoms with Gasteiger partial charge in [0.25, 0.3) is 0 Å². The van der Waals surface area contributed by atoms with E-state index in [0.717, 1.165) is 0 Å². The van der Waals surface area contributed by atoms with Gasteiger partial charge in [0.1, 0.15) is 5.57 Å². The van der Waals surface area contributed by atoms with Crippen LogP contribution in [0.1, 0.15) is 51.4 Å². The zero-order valence-electron chi connectivity index (χ0n) is 11.2. The van der Waals surface area contributed by atoms with Crippen molar-refractivity contribution in [3.05, 3.63) is 11.6 Å². The van der Waals surface area contributed by atoms with Crippen LogP contribution in [0.4, 0.5) is 0 Å². The Kier molecular flexibility index (Phi) is 4.87. The lowest BCUT2D eigenvalue weighted by Crippen LogP contribution is -2.05. The number of esters is 1. The van der Waals surface area contributed by atoms with Gasteiger partial charge < -0.3 is 4.74 Å². The van der Waals surface area contributed by atoms with Gasteiger partial charge in [-0.05, 0) is 31.6 Å². The Hall–Kier alpha value is -1.23. The molecule has 0 heterocycles. The van der Waals surface area contributed by atoms with E-state index in [-0.39, 0.29) is 5.97 Å². The molecule has 0 atom stereocenters. The summed E-state index contributed by atoms with van der Waals surface area (Å²) in [4.78, 5) is 11.7. The molecule has 0 radical (unpaired) electrons. The van der Waals surface area contributed by atoms with Gasteiger partial charge in [-0.15, -0.1) is 0 Å². The van der Waals surface area contributed by atoms with Crippen molar-refractivity contribution < 1.29 is 9.53 Å². The first-order valence-corrected chi connectivity index (χ1v) is 7.11. The average Bonchev–Trinajstić information content (AvgIpc) is 3.06. The smallest absolute Gasteiger partial charge is 0.346 e. The molecule has 0 aliphatic heterocycles. The lowest BCUT2D eigenvalue weighted by atomic mass is 10.0. The minimum absolute atomic E-state index is 0.271. The van der Waals surface area contributed by atoms with Crippen LogP contribution in [-0.2, 0) is 9.53 Å². The van der Waals surface area contributed by atoms with Crippen molar-refractivity contribution in [1.82, 2.24) is 0 Å². The number of methoxy groups -OCH3 is 1. The zero-order valence-corrected chi connectivity index (χ0v) is 11.2. The van der Waals surface area contributed by atoms with E-state index in [2.05, 4.69) is 11.8 Å². The molecule has 2 rings (SSSR count). The number of allylic oxidation sites excluding steroid dienone is 1. The van der Waals surface area contributed by atoms with Crippen molar-refractivity contribution in [1.29, 1.82) is 0 Å². The second kappa shape index (κ2) is 6.64. The maximum absolute atomic E-state index is 11.7. The summed E-state index contributed by atoms with van der Waals surface area (Å²) in [5.74, 6) is 7.07. The SMILES string of the molecule is COC(=O)/C(C#CC1CCCC1)=C/C1CCCC1. The van der Waals surface area contributed by atoms with Gasteiger partial charge in [-0.2, -0.15) is 0 Å². The van der Waals surface area contributed by atoms with Crippen molar-refractivity contribution in [3.8, 4) is 11.8 Å². The molecule has 0 unspecified atom stereocenters. The van der Waals surface area contributed by atoms with E-state index in [9.17, 15) is 4.79 Å². The highest BCUT2D eigenvalue weighted by atomic mass is 16.5. The first-order chi connectivity index (χ1) is 8.79.